The van der Waals surface area contributed by atoms with Crippen LogP contribution in [0.25, 0.3) is 0 Å². The molecule has 0 aliphatic rings. The van der Waals surface area contributed by atoms with E-state index in [0.717, 1.165) is 6.42 Å². The molecule has 1 aromatic rings. The van der Waals surface area contributed by atoms with Crippen molar-refractivity contribution in [2.75, 3.05) is 19.8 Å². The van der Waals surface area contributed by atoms with E-state index in [0.29, 0.717) is 17.3 Å². The molecular weight excluding hydrogens is 254 g/mol. The fourth-order valence-electron chi connectivity index (χ4n) is 1.45. The van der Waals surface area contributed by atoms with E-state index in [1.165, 1.54) is 0 Å². The van der Waals surface area contributed by atoms with Crippen LogP contribution >= 0.6 is 11.6 Å². The Morgan fingerprint density at radius 3 is 2.72 bits per heavy atom. The molecule has 1 aromatic carbocycles. The Balaban J connectivity index is 2.29. The topological polar surface area (TPSA) is 61.7 Å². The second-order valence-electron chi connectivity index (χ2n) is 4.09. The van der Waals surface area contributed by atoms with E-state index in [1.807, 2.05) is 19.1 Å². The first-order valence-electron chi connectivity index (χ1n) is 6.07. The molecule has 0 aliphatic heterocycles. The lowest BCUT2D eigenvalue weighted by molar-refractivity contribution is 0.0995. The number of aliphatic hydroxyl groups excluding tert-OH is 2. The molecule has 2 atom stereocenters. The van der Waals surface area contributed by atoms with Gasteiger partial charge < -0.3 is 20.3 Å². The van der Waals surface area contributed by atoms with Gasteiger partial charge in [-0.1, -0.05) is 30.7 Å². The van der Waals surface area contributed by atoms with Gasteiger partial charge in [-0.25, -0.2) is 0 Å². The van der Waals surface area contributed by atoms with E-state index < -0.39 is 6.10 Å². The zero-order chi connectivity index (χ0) is 13.4. The summed E-state index contributed by atoms with van der Waals surface area (Å²) >= 11 is 5.92. The third-order valence-corrected chi connectivity index (χ3v) is 2.94. The summed E-state index contributed by atoms with van der Waals surface area (Å²) in [6, 6.07) is 7.15. The second-order valence-corrected chi connectivity index (χ2v) is 4.50. The standard InChI is InChI=1S/C13H20ClNO3/c1-2-10(8-16)15-7-11(17)9-18-13-6-4-3-5-12(13)14/h3-6,10-11,15-17H,2,7-9H2,1H3/t10-,11+/m0/s1. The van der Waals surface area contributed by atoms with Crippen molar-refractivity contribution in [1.82, 2.24) is 5.32 Å². The molecule has 0 radical (unpaired) electrons. The third-order valence-electron chi connectivity index (χ3n) is 2.62. The third kappa shape index (κ3) is 5.23. The van der Waals surface area contributed by atoms with Crippen LogP contribution in [0.4, 0.5) is 0 Å². The van der Waals surface area contributed by atoms with Crippen molar-refractivity contribution in [2.45, 2.75) is 25.5 Å². The van der Waals surface area contributed by atoms with Crippen LogP contribution in [-0.4, -0.2) is 42.1 Å². The van der Waals surface area contributed by atoms with Crippen molar-refractivity contribution in [3.8, 4) is 5.75 Å². The van der Waals surface area contributed by atoms with Crippen LogP contribution in [0.3, 0.4) is 0 Å². The molecule has 0 aliphatic carbocycles. The van der Waals surface area contributed by atoms with E-state index in [9.17, 15) is 5.11 Å². The molecule has 102 valence electrons. The highest BCUT2D eigenvalue weighted by Gasteiger charge is 2.10. The van der Waals surface area contributed by atoms with Gasteiger partial charge in [0.2, 0.25) is 0 Å². The van der Waals surface area contributed by atoms with Crippen molar-refractivity contribution < 1.29 is 14.9 Å². The fraction of sp³-hybridized carbons (Fsp3) is 0.538. The number of hydrogen-bond donors (Lipinski definition) is 3. The number of hydrogen-bond acceptors (Lipinski definition) is 4. The molecule has 0 amide bonds. The van der Waals surface area contributed by atoms with Gasteiger partial charge in [-0.2, -0.15) is 0 Å². The predicted molar refractivity (Wildman–Crippen MR) is 72.1 cm³/mol. The minimum Gasteiger partial charge on any atom is -0.489 e. The van der Waals surface area contributed by atoms with Crippen molar-refractivity contribution >= 4 is 11.6 Å². The molecule has 0 heterocycles. The fourth-order valence-corrected chi connectivity index (χ4v) is 1.64. The molecule has 18 heavy (non-hydrogen) atoms. The Morgan fingerprint density at radius 1 is 1.39 bits per heavy atom. The van der Waals surface area contributed by atoms with Gasteiger partial charge in [-0.15, -0.1) is 0 Å². The van der Waals surface area contributed by atoms with Crippen LogP contribution in [0, 0.1) is 0 Å². The molecule has 0 unspecified atom stereocenters. The number of nitrogens with one attached hydrogen (secondary N) is 1. The summed E-state index contributed by atoms with van der Waals surface area (Å²) in [5.41, 5.74) is 0. The summed E-state index contributed by atoms with van der Waals surface area (Å²) < 4.78 is 5.41. The molecule has 0 fully saturated rings. The summed E-state index contributed by atoms with van der Waals surface area (Å²) in [7, 11) is 0. The van der Waals surface area contributed by atoms with Crippen LogP contribution in [0.2, 0.25) is 5.02 Å². The van der Waals surface area contributed by atoms with Gasteiger partial charge >= 0.3 is 0 Å². The first kappa shape index (κ1) is 15.2. The molecule has 0 spiro atoms. The van der Waals surface area contributed by atoms with Gasteiger partial charge in [0.15, 0.2) is 0 Å². The Labute approximate surface area is 113 Å². The van der Waals surface area contributed by atoms with Gasteiger partial charge in [0, 0.05) is 12.6 Å². The van der Waals surface area contributed by atoms with Gasteiger partial charge in [0.1, 0.15) is 18.5 Å². The molecule has 0 bridgehead atoms. The van der Waals surface area contributed by atoms with Gasteiger partial charge in [-0.05, 0) is 18.6 Å². The average molecular weight is 274 g/mol. The molecule has 5 heteroatoms. The zero-order valence-corrected chi connectivity index (χ0v) is 11.2. The summed E-state index contributed by atoms with van der Waals surface area (Å²) in [4.78, 5) is 0. The smallest absolute Gasteiger partial charge is 0.138 e. The van der Waals surface area contributed by atoms with E-state index in [1.54, 1.807) is 12.1 Å². The number of halogens is 1. The predicted octanol–water partition coefficient (Wildman–Crippen LogP) is 1.44. The van der Waals surface area contributed by atoms with Crippen LogP contribution in [-0.2, 0) is 0 Å². The average Bonchev–Trinajstić information content (AvgIpc) is 2.39. The molecule has 1 rings (SSSR count). The van der Waals surface area contributed by atoms with Crippen LogP contribution in [0.5, 0.6) is 5.75 Å². The Hall–Kier alpha value is -0.810. The molecule has 3 N–H and O–H groups in total. The minimum atomic E-state index is -0.637. The largest absolute Gasteiger partial charge is 0.489 e. The van der Waals surface area contributed by atoms with Crippen molar-refractivity contribution in [1.29, 1.82) is 0 Å². The number of rotatable bonds is 8. The van der Waals surface area contributed by atoms with Gasteiger partial charge in [0.05, 0.1) is 11.6 Å². The van der Waals surface area contributed by atoms with E-state index >= 15 is 0 Å². The van der Waals surface area contributed by atoms with Crippen molar-refractivity contribution in [3.63, 3.8) is 0 Å². The zero-order valence-electron chi connectivity index (χ0n) is 10.5. The lowest BCUT2D eigenvalue weighted by Crippen LogP contribution is -2.39. The molecule has 0 aromatic heterocycles. The highest BCUT2D eigenvalue weighted by molar-refractivity contribution is 6.32. The normalized spacial score (nSPS) is 14.2. The molecule has 0 saturated carbocycles. The van der Waals surface area contributed by atoms with Crippen molar-refractivity contribution in [3.05, 3.63) is 29.3 Å². The Kier molecular flexibility index (Phi) is 7.05. The number of aliphatic hydroxyl groups is 2. The van der Waals surface area contributed by atoms with Crippen LogP contribution in [0.15, 0.2) is 24.3 Å². The van der Waals surface area contributed by atoms with Gasteiger partial charge in [0.25, 0.3) is 0 Å². The number of para-hydroxylation sites is 1. The van der Waals surface area contributed by atoms with Crippen molar-refractivity contribution in [2.24, 2.45) is 0 Å². The minimum absolute atomic E-state index is 0.0139. The maximum atomic E-state index is 9.73. The Bertz CT molecular complexity index is 345. The monoisotopic (exact) mass is 273 g/mol. The molecule has 4 nitrogen and oxygen atoms in total. The van der Waals surface area contributed by atoms with E-state index in [-0.39, 0.29) is 19.3 Å². The number of benzene rings is 1. The summed E-state index contributed by atoms with van der Waals surface area (Å²) in [6.45, 7) is 2.58. The number of ether oxygens (including phenoxy) is 1. The highest BCUT2D eigenvalue weighted by atomic mass is 35.5. The molecule has 0 saturated heterocycles. The van der Waals surface area contributed by atoms with Crippen LogP contribution < -0.4 is 10.1 Å². The quantitative estimate of drug-likeness (QED) is 0.671. The lowest BCUT2D eigenvalue weighted by Gasteiger charge is -2.18. The van der Waals surface area contributed by atoms with Gasteiger partial charge in [-0.3, -0.25) is 0 Å². The summed E-state index contributed by atoms with van der Waals surface area (Å²) in [6.07, 6.45) is 0.177. The summed E-state index contributed by atoms with van der Waals surface area (Å²) in [5, 5.41) is 22.3. The second kappa shape index (κ2) is 8.32. The summed E-state index contributed by atoms with van der Waals surface area (Å²) in [5.74, 6) is 0.562. The first-order chi connectivity index (χ1) is 8.67. The molecular formula is C13H20ClNO3. The van der Waals surface area contributed by atoms with E-state index in [2.05, 4.69) is 5.32 Å². The maximum Gasteiger partial charge on any atom is 0.138 e. The SMILES string of the molecule is CC[C@@H](CO)NC[C@@H](O)COc1ccccc1Cl. The first-order valence-corrected chi connectivity index (χ1v) is 6.44. The van der Waals surface area contributed by atoms with E-state index in [4.69, 9.17) is 21.4 Å². The van der Waals surface area contributed by atoms with Crippen LogP contribution in [0.1, 0.15) is 13.3 Å². The highest BCUT2D eigenvalue weighted by Crippen LogP contribution is 2.22. The lowest BCUT2D eigenvalue weighted by atomic mass is 10.2. The maximum absolute atomic E-state index is 9.73. The Morgan fingerprint density at radius 2 is 2.11 bits per heavy atom.